The molecule has 0 aliphatic heterocycles. The third-order valence-electron chi connectivity index (χ3n) is 4.41. The standard InChI is InChI=1S/C15H24N2O2S/c1-10-7-8-14(11(2)17-10)15(16)12-5-4-6-13(9-12)20(3,18)19/h7-8,12-13,15H,4-6,9,16H2,1-3H3. The van der Waals surface area contributed by atoms with E-state index in [0.29, 0.717) is 6.42 Å². The summed E-state index contributed by atoms with van der Waals surface area (Å²) in [5.74, 6) is 0.228. The monoisotopic (exact) mass is 296 g/mol. The van der Waals surface area contributed by atoms with Gasteiger partial charge in [0.05, 0.1) is 5.25 Å². The van der Waals surface area contributed by atoms with E-state index in [-0.39, 0.29) is 17.2 Å². The van der Waals surface area contributed by atoms with Crippen LogP contribution in [0.5, 0.6) is 0 Å². The number of rotatable bonds is 3. The average Bonchev–Trinajstić information content (AvgIpc) is 2.37. The van der Waals surface area contributed by atoms with Crippen molar-refractivity contribution in [3.63, 3.8) is 0 Å². The van der Waals surface area contributed by atoms with Gasteiger partial charge in [-0.2, -0.15) is 0 Å². The van der Waals surface area contributed by atoms with Gasteiger partial charge in [-0.05, 0) is 50.7 Å². The highest BCUT2D eigenvalue weighted by Crippen LogP contribution is 2.36. The van der Waals surface area contributed by atoms with Crippen molar-refractivity contribution in [2.24, 2.45) is 11.7 Å². The Kier molecular flexibility index (Phi) is 4.49. The first-order valence-electron chi connectivity index (χ1n) is 7.17. The molecule has 1 heterocycles. The van der Waals surface area contributed by atoms with Crippen LogP contribution in [0.2, 0.25) is 0 Å². The molecule has 0 saturated heterocycles. The predicted molar refractivity (Wildman–Crippen MR) is 81.2 cm³/mol. The molecule has 112 valence electrons. The summed E-state index contributed by atoms with van der Waals surface area (Å²) in [7, 11) is -2.96. The highest BCUT2D eigenvalue weighted by molar-refractivity contribution is 7.91. The molecule has 0 spiro atoms. The van der Waals surface area contributed by atoms with Crippen LogP contribution in [-0.2, 0) is 9.84 Å². The number of sulfone groups is 1. The summed E-state index contributed by atoms with van der Waals surface area (Å²) in [5.41, 5.74) is 9.38. The molecule has 20 heavy (non-hydrogen) atoms. The Morgan fingerprint density at radius 2 is 2.00 bits per heavy atom. The van der Waals surface area contributed by atoms with Crippen molar-refractivity contribution in [2.45, 2.75) is 50.8 Å². The highest BCUT2D eigenvalue weighted by atomic mass is 32.2. The van der Waals surface area contributed by atoms with Crippen molar-refractivity contribution < 1.29 is 8.42 Å². The summed E-state index contributed by atoms with van der Waals surface area (Å²) in [5, 5.41) is -0.231. The summed E-state index contributed by atoms with van der Waals surface area (Å²) >= 11 is 0. The number of pyridine rings is 1. The molecule has 1 aromatic rings. The third kappa shape index (κ3) is 3.38. The van der Waals surface area contributed by atoms with Crippen LogP contribution >= 0.6 is 0 Å². The van der Waals surface area contributed by atoms with Crippen LogP contribution in [0.3, 0.4) is 0 Å². The Bertz CT molecular complexity index is 584. The molecule has 2 N–H and O–H groups in total. The van der Waals surface area contributed by atoms with E-state index >= 15 is 0 Å². The van der Waals surface area contributed by atoms with Crippen LogP contribution < -0.4 is 5.73 Å². The van der Waals surface area contributed by atoms with E-state index in [0.717, 1.165) is 36.2 Å². The first-order chi connectivity index (χ1) is 9.29. The van der Waals surface area contributed by atoms with Gasteiger partial charge in [-0.1, -0.05) is 12.5 Å². The van der Waals surface area contributed by atoms with Gasteiger partial charge >= 0.3 is 0 Å². The summed E-state index contributed by atoms with van der Waals surface area (Å²) < 4.78 is 23.5. The zero-order valence-electron chi connectivity index (χ0n) is 12.5. The van der Waals surface area contributed by atoms with Gasteiger partial charge in [-0.25, -0.2) is 8.42 Å². The molecule has 2 rings (SSSR count). The minimum Gasteiger partial charge on any atom is -0.324 e. The third-order valence-corrected chi connectivity index (χ3v) is 6.04. The van der Waals surface area contributed by atoms with Gasteiger partial charge in [0.1, 0.15) is 9.84 Å². The molecule has 3 atom stereocenters. The fraction of sp³-hybridized carbons (Fsp3) is 0.667. The Morgan fingerprint density at radius 3 is 2.60 bits per heavy atom. The molecule has 1 saturated carbocycles. The Hall–Kier alpha value is -0.940. The van der Waals surface area contributed by atoms with Crippen LogP contribution in [0.4, 0.5) is 0 Å². The Labute approximate surface area is 121 Å². The lowest BCUT2D eigenvalue weighted by Crippen LogP contribution is -2.33. The van der Waals surface area contributed by atoms with Crippen molar-refractivity contribution in [2.75, 3.05) is 6.26 Å². The summed E-state index contributed by atoms with van der Waals surface area (Å²) in [6.45, 7) is 3.93. The molecule has 1 aliphatic rings. The van der Waals surface area contributed by atoms with Crippen molar-refractivity contribution in [3.05, 3.63) is 29.1 Å². The Balaban J connectivity index is 2.18. The average molecular weight is 296 g/mol. The minimum absolute atomic E-state index is 0.118. The second-order valence-corrected chi connectivity index (χ2v) is 8.36. The zero-order valence-corrected chi connectivity index (χ0v) is 13.3. The maximum absolute atomic E-state index is 11.7. The van der Waals surface area contributed by atoms with Crippen LogP contribution in [0.15, 0.2) is 12.1 Å². The molecule has 0 amide bonds. The number of nitrogens with two attached hydrogens (primary N) is 1. The van der Waals surface area contributed by atoms with Gasteiger partial charge in [-0.15, -0.1) is 0 Å². The van der Waals surface area contributed by atoms with E-state index in [1.807, 2.05) is 26.0 Å². The van der Waals surface area contributed by atoms with E-state index < -0.39 is 9.84 Å². The number of aromatic nitrogens is 1. The van der Waals surface area contributed by atoms with E-state index in [1.165, 1.54) is 6.26 Å². The first kappa shape index (κ1) is 15.4. The summed E-state index contributed by atoms with van der Waals surface area (Å²) in [4.78, 5) is 4.46. The molecule has 5 heteroatoms. The number of nitrogens with zero attached hydrogens (tertiary/aromatic N) is 1. The normalized spacial score (nSPS) is 25.4. The maximum atomic E-state index is 11.7. The number of hydrogen-bond donors (Lipinski definition) is 1. The van der Waals surface area contributed by atoms with E-state index in [1.54, 1.807) is 0 Å². The SMILES string of the molecule is Cc1ccc(C(N)C2CCCC(S(C)(=O)=O)C2)c(C)n1. The lowest BCUT2D eigenvalue weighted by Gasteiger charge is -2.32. The van der Waals surface area contributed by atoms with Gasteiger partial charge < -0.3 is 5.73 Å². The zero-order chi connectivity index (χ0) is 14.9. The van der Waals surface area contributed by atoms with Gasteiger partial charge in [-0.3, -0.25) is 4.98 Å². The van der Waals surface area contributed by atoms with Crippen LogP contribution in [-0.4, -0.2) is 24.9 Å². The van der Waals surface area contributed by atoms with Crippen molar-refractivity contribution in [3.8, 4) is 0 Å². The van der Waals surface area contributed by atoms with Crippen LogP contribution in [0, 0.1) is 19.8 Å². The highest BCUT2D eigenvalue weighted by Gasteiger charge is 2.32. The molecule has 1 aromatic heterocycles. The topological polar surface area (TPSA) is 73.1 Å². The predicted octanol–water partition coefficient (Wildman–Crippen LogP) is 2.30. The molecule has 0 radical (unpaired) electrons. The van der Waals surface area contributed by atoms with E-state index in [4.69, 9.17) is 5.73 Å². The molecular weight excluding hydrogens is 272 g/mol. The smallest absolute Gasteiger partial charge is 0.150 e. The molecular formula is C15H24N2O2S. The second kappa shape index (κ2) is 5.82. The summed E-state index contributed by atoms with van der Waals surface area (Å²) in [6.07, 6.45) is 4.72. The Morgan fingerprint density at radius 1 is 1.30 bits per heavy atom. The molecule has 1 aliphatic carbocycles. The first-order valence-corrected chi connectivity index (χ1v) is 9.13. The van der Waals surface area contributed by atoms with Gasteiger partial charge in [0.25, 0.3) is 0 Å². The largest absolute Gasteiger partial charge is 0.324 e. The van der Waals surface area contributed by atoms with Gasteiger partial charge in [0.15, 0.2) is 0 Å². The maximum Gasteiger partial charge on any atom is 0.150 e. The molecule has 4 nitrogen and oxygen atoms in total. The second-order valence-electron chi connectivity index (χ2n) is 6.03. The lowest BCUT2D eigenvalue weighted by molar-refractivity contribution is 0.308. The molecule has 0 bridgehead atoms. The minimum atomic E-state index is -2.96. The lowest BCUT2D eigenvalue weighted by atomic mass is 9.81. The fourth-order valence-electron chi connectivity index (χ4n) is 3.20. The summed E-state index contributed by atoms with van der Waals surface area (Å²) in [6, 6.07) is 3.89. The molecule has 0 aromatic carbocycles. The quantitative estimate of drug-likeness (QED) is 0.929. The van der Waals surface area contributed by atoms with E-state index in [9.17, 15) is 8.42 Å². The molecule has 1 fully saturated rings. The van der Waals surface area contributed by atoms with Crippen molar-refractivity contribution in [1.29, 1.82) is 0 Å². The van der Waals surface area contributed by atoms with Crippen LogP contribution in [0.1, 0.15) is 48.7 Å². The fourth-order valence-corrected chi connectivity index (χ4v) is 4.39. The number of hydrogen-bond acceptors (Lipinski definition) is 4. The number of aryl methyl sites for hydroxylation is 2. The van der Waals surface area contributed by atoms with Crippen molar-refractivity contribution in [1.82, 2.24) is 4.98 Å². The van der Waals surface area contributed by atoms with E-state index in [2.05, 4.69) is 4.98 Å². The van der Waals surface area contributed by atoms with Gasteiger partial charge in [0, 0.05) is 23.7 Å². The van der Waals surface area contributed by atoms with Gasteiger partial charge in [0.2, 0.25) is 0 Å². The van der Waals surface area contributed by atoms with Crippen molar-refractivity contribution >= 4 is 9.84 Å². The van der Waals surface area contributed by atoms with Crippen LogP contribution in [0.25, 0.3) is 0 Å². The molecule has 3 unspecified atom stereocenters.